The van der Waals surface area contributed by atoms with Gasteiger partial charge in [0.15, 0.2) is 0 Å². The summed E-state index contributed by atoms with van der Waals surface area (Å²) < 4.78 is 13.0. The molecule has 0 heterocycles. The van der Waals surface area contributed by atoms with Crippen LogP contribution in [0, 0.1) is 5.82 Å². The molecule has 0 aromatic heterocycles. The second kappa shape index (κ2) is 5.66. The lowest BCUT2D eigenvalue weighted by molar-refractivity contribution is 0.0169. The lowest BCUT2D eigenvalue weighted by atomic mass is 10.0. The Labute approximate surface area is 97.3 Å². The summed E-state index contributed by atoms with van der Waals surface area (Å²) in [6, 6.07) is 4.08. The Kier molecular flexibility index (Phi) is 4.80. The fourth-order valence-electron chi connectivity index (χ4n) is 1.23. The monoisotopic (exact) mass is 252 g/mol. The number of benzene rings is 1. The number of hydrogen-bond acceptors (Lipinski definition) is 2. The average Bonchev–Trinajstić information content (AvgIpc) is 2.21. The first kappa shape index (κ1) is 12.7. The maximum absolute atomic E-state index is 13.0. The van der Waals surface area contributed by atoms with Crippen LogP contribution in [0.5, 0.6) is 0 Å². The normalized spacial score (nSPS) is 15.0. The van der Waals surface area contributed by atoms with E-state index < -0.39 is 18.0 Å². The third-order valence-electron chi connectivity index (χ3n) is 2.07. The Morgan fingerprint density at radius 3 is 2.60 bits per heavy atom. The summed E-state index contributed by atoms with van der Waals surface area (Å²) in [7, 11) is 0. The highest BCUT2D eigenvalue weighted by atomic mass is 35.5. The fourth-order valence-corrected chi connectivity index (χ4v) is 1.69. The molecule has 0 saturated heterocycles. The molecule has 15 heavy (non-hydrogen) atoms. The van der Waals surface area contributed by atoms with Crippen molar-refractivity contribution in [1.29, 1.82) is 0 Å². The minimum Gasteiger partial charge on any atom is -0.390 e. The van der Waals surface area contributed by atoms with Gasteiger partial charge in [-0.2, -0.15) is 0 Å². The first-order valence-electron chi connectivity index (χ1n) is 4.44. The van der Waals surface area contributed by atoms with Crippen LogP contribution in [-0.2, 0) is 0 Å². The Morgan fingerprint density at radius 1 is 1.33 bits per heavy atom. The average molecular weight is 253 g/mol. The summed E-state index contributed by atoms with van der Waals surface area (Å²) in [5, 5.41) is 19.0. The standard InChI is InChI=1S/C10H11Cl2FO2/c11-5-4-8(14)10(15)6-2-1-3-7(13)9(6)12/h1-3,8,10,14-15H,4-5H2. The summed E-state index contributed by atoms with van der Waals surface area (Å²) in [6.45, 7) is 0. The van der Waals surface area contributed by atoms with Crippen LogP contribution in [0.4, 0.5) is 4.39 Å². The first-order chi connectivity index (χ1) is 7.07. The predicted molar refractivity (Wildman–Crippen MR) is 57.7 cm³/mol. The maximum atomic E-state index is 13.0. The molecule has 2 atom stereocenters. The Bertz CT molecular complexity index is 333. The van der Waals surface area contributed by atoms with Crippen molar-refractivity contribution < 1.29 is 14.6 Å². The molecule has 0 radical (unpaired) electrons. The molecule has 0 spiro atoms. The molecule has 0 saturated carbocycles. The molecule has 1 aromatic rings. The van der Waals surface area contributed by atoms with Gasteiger partial charge in [-0.25, -0.2) is 4.39 Å². The summed E-state index contributed by atoms with van der Waals surface area (Å²) in [5.74, 6) is -0.406. The van der Waals surface area contributed by atoms with Gasteiger partial charge in [-0.1, -0.05) is 23.7 Å². The molecule has 2 unspecified atom stereocenters. The molecule has 84 valence electrons. The first-order valence-corrected chi connectivity index (χ1v) is 5.35. The SMILES string of the molecule is OC(CCCl)C(O)c1cccc(F)c1Cl. The van der Waals surface area contributed by atoms with E-state index in [4.69, 9.17) is 23.2 Å². The van der Waals surface area contributed by atoms with E-state index in [1.165, 1.54) is 18.2 Å². The van der Waals surface area contributed by atoms with E-state index >= 15 is 0 Å². The van der Waals surface area contributed by atoms with Gasteiger partial charge >= 0.3 is 0 Å². The summed E-state index contributed by atoms with van der Waals surface area (Å²) in [5.41, 5.74) is 0.175. The number of alkyl halides is 1. The molecule has 0 aliphatic rings. The van der Waals surface area contributed by atoms with Crippen LogP contribution < -0.4 is 0 Å². The smallest absolute Gasteiger partial charge is 0.142 e. The van der Waals surface area contributed by atoms with E-state index in [2.05, 4.69) is 0 Å². The second-order valence-corrected chi connectivity index (χ2v) is 3.89. The number of aliphatic hydroxyl groups excluding tert-OH is 2. The van der Waals surface area contributed by atoms with Gasteiger partial charge in [0.05, 0.1) is 11.1 Å². The molecule has 1 aromatic carbocycles. The molecule has 2 N–H and O–H groups in total. The van der Waals surface area contributed by atoms with E-state index in [1.807, 2.05) is 0 Å². The van der Waals surface area contributed by atoms with Crippen LogP contribution in [0.1, 0.15) is 18.1 Å². The molecular formula is C10H11Cl2FO2. The molecule has 5 heteroatoms. The van der Waals surface area contributed by atoms with Crippen LogP contribution >= 0.6 is 23.2 Å². The van der Waals surface area contributed by atoms with Crippen LogP contribution in [0.15, 0.2) is 18.2 Å². The second-order valence-electron chi connectivity index (χ2n) is 3.13. The van der Waals surface area contributed by atoms with Gasteiger partial charge < -0.3 is 10.2 Å². The number of rotatable bonds is 4. The largest absolute Gasteiger partial charge is 0.390 e. The van der Waals surface area contributed by atoms with E-state index in [0.717, 1.165) is 0 Å². The molecule has 0 fully saturated rings. The van der Waals surface area contributed by atoms with Crippen molar-refractivity contribution in [1.82, 2.24) is 0 Å². The number of hydrogen-bond donors (Lipinski definition) is 2. The van der Waals surface area contributed by atoms with Gasteiger partial charge in [0.1, 0.15) is 11.9 Å². The van der Waals surface area contributed by atoms with E-state index in [-0.39, 0.29) is 22.9 Å². The maximum Gasteiger partial charge on any atom is 0.142 e. The lowest BCUT2D eigenvalue weighted by Gasteiger charge is -2.18. The summed E-state index contributed by atoms with van der Waals surface area (Å²) in [4.78, 5) is 0. The highest BCUT2D eigenvalue weighted by Gasteiger charge is 2.21. The predicted octanol–water partition coefficient (Wildman–Crippen LogP) is 2.50. The van der Waals surface area contributed by atoms with Gasteiger partial charge in [-0.05, 0) is 12.5 Å². The summed E-state index contributed by atoms with van der Waals surface area (Å²) in [6.07, 6.45) is -2.04. The Balaban J connectivity index is 2.90. The minimum absolute atomic E-state index is 0.168. The van der Waals surface area contributed by atoms with Gasteiger partial charge in [0.2, 0.25) is 0 Å². The van der Waals surface area contributed by atoms with Gasteiger partial charge in [-0.3, -0.25) is 0 Å². The topological polar surface area (TPSA) is 40.5 Å². The van der Waals surface area contributed by atoms with Gasteiger partial charge in [-0.15, -0.1) is 11.6 Å². The van der Waals surface area contributed by atoms with Crippen molar-refractivity contribution >= 4 is 23.2 Å². The number of halogens is 3. The van der Waals surface area contributed by atoms with Crippen LogP contribution in [0.3, 0.4) is 0 Å². The molecule has 1 rings (SSSR count). The van der Waals surface area contributed by atoms with Crippen molar-refractivity contribution in [2.45, 2.75) is 18.6 Å². The lowest BCUT2D eigenvalue weighted by Crippen LogP contribution is -2.19. The molecule has 2 nitrogen and oxygen atoms in total. The zero-order valence-electron chi connectivity index (χ0n) is 7.83. The van der Waals surface area contributed by atoms with Crippen molar-refractivity contribution in [2.24, 2.45) is 0 Å². The summed E-state index contributed by atoms with van der Waals surface area (Å²) >= 11 is 11.1. The molecule has 0 aliphatic heterocycles. The van der Waals surface area contributed by atoms with Crippen molar-refractivity contribution in [2.75, 3.05) is 5.88 Å². The quantitative estimate of drug-likeness (QED) is 0.809. The molecule has 0 bridgehead atoms. The van der Waals surface area contributed by atoms with Crippen molar-refractivity contribution in [3.63, 3.8) is 0 Å². The van der Waals surface area contributed by atoms with E-state index in [1.54, 1.807) is 0 Å². The van der Waals surface area contributed by atoms with Gasteiger partial charge in [0, 0.05) is 11.4 Å². The number of aliphatic hydroxyl groups is 2. The highest BCUT2D eigenvalue weighted by Crippen LogP contribution is 2.28. The van der Waals surface area contributed by atoms with E-state index in [9.17, 15) is 14.6 Å². The van der Waals surface area contributed by atoms with Crippen molar-refractivity contribution in [3.05, 3.63) is 34.6 Å². The Morgan fingerprint density at radius 2 is 2.00 bits per heavy atom. The zero-order valence-corrected chi connectivity index (χ0v) is 9.34. The minimum atomic E-state index is -1.22. The highest BCUT2D eigenvalue weighted by molar-refractivity contribution is 6.31. The zero-order chi connectivity index (χ0) is 11.4. The molecular weight excluding hydrogens is 242 g/mol. The van der Waals surface area contributed by atoms with E-state index in [0.29, 0.717) is 0 Å². The van der Waals surface area contributed by atoms with Crippen LogP contribution in [0.25, 0.3) is 0 Å². The fraction of sp³-hybridized carbons (Fsp3) is 0.400. The Hall–Kier alpha value is -0.350. The van der Waals surface area contributed by atoms with Crippen LogP contribution in [0.2, 0.25) is 5.02 Å². The third kappa shape index (κ3) is 3.05. The van der Waals surface area contributed by atoms with Gasteiger partial charge in [0.25, 0.3) is 0 Å². The molecule has 0 amide bonds. The van der Waals surface area contributed by atoms with Crippen LogP contribution in [-0.4, -0.2) is 22.2 Å². The third-order valence-corrected chi connectivity index (χ3v) is 2.69. The molecule has 0 aliphatic carbocycles. The van der Waals surface area contributed by atoms with Crippen molar-refractivity contribution in [3.8, 4) is 0 Å².